The van der Waals surface area contributed by atoms with E-state index in [-0.39, 0.29) is 18.3 Å². The number of nitrogens with zero attached hydrogens (tertiary/aromatic N) is 2. The van der Waals surface area contributed by atoms with Crippen LogP contribution in [0.4, 0.5) is 11.4 Å². The molecule has 0 heterocycles. The van der Waals surface area contributed by atoms with Gasteiger partial charge in [0, 0.05) is 12.1 Å². The first-order valence-electron chi connectivity index (χ1n) is 5.96. The number of aryl methyl sites for hydroxylation is 1. The lowest BCUT2D eigenvalue weighted by atomic mass is 10.1. The molecule has 0 amide bonds. The fraction of sp³-hybridized carbons (Fsp3) is 0.462. The summed E-state index contributed by atoms with van der Waals surface area (Å²) in [4.78, 5) is 23.8. The smallest absolute Gasteiger partial charge is 0.325 e. The van der Waals surface area contributed by atoms with Gasteiger partial charge >= 0.3 is 5.97 Å². The van der Waals surface area contributed by atoms with Crippen LogP contribution in [0.25, 0.3) is 0 Å². The van der Waals surface area contributed by atoms with Gasteiger partial charge in [0.25, 0.3) is 5.69 Å². The molecule has 0 saturated carbocycles. The van der Waals surface area contributed by atoms with Crippen molar-refractivity contribution in [1.29, 1.82) is 0 Å². The second-order valence-corrected chi connectivity index (χ2v) is 4.50. The Morgan fingerprint density at radius 3 is 2.58 bits per heavy atom. The first-order valence-corrected chi connectivity index (χ1v) is 5.96. The highest BCUT2D eigenvalue weighted by Crippen LogP contribution is 2.32. The maximum Gasteiger partial charge on any atom is 0.325 e. The molecule has 1 aromatic rings. The van der Waals surface area contributed by atoms with Crippen molar-refractivity contribution >= 4 is 17.3 Å². The Bertz CT molecular complexity index is 486. The van der Waals surface area contributed by atoms with E-state index in [1.807, 2.05) is 13.8 Å². The quantitative estimate of drug-likeness (QED) is 0.464. The third-order valence-electron chi connectivity index (χ3n) is 2.85. The molecular weight excluding hydrogens is 248 g/mol. The summed E-state index contributed by atoms with van der Waals surface area (Å²) in [6.07, 6.45) is 0. The molecule has 0 unspecified atom stereocenters. The highest BCUT2D eigenvalue weighted by molar-refractivity contribution is 5.79. The molecule has 0 spiro atoms. The van der Waals surface area contributed by atoms with E-state index in [1.54, 1.807) is 24.0 Å². The average Bonchev–Trinajstić information content (AvgIpc) is 2.35. The summed E-state index contributed by atoms with van der Waals surface area (Å²) in [5, 5.41) is 11.1. The van der Waals surface area contributed by atoms with Crippen LogP contribution in [0.1, 0.15) is 19.4 Å². The lowest BCUT2D eigenvalue weighted by Crippen LogP contribution is -2.37. The van der Waals surface area contributed by atoms with Crippen molar-refractivity contribution in [3.63, 3.8) is 0 Å². The third-order valence-corrected chi connectivity index (χ3v) is 2.85. The Labute approximate surface area is 112 Å². The van der Waals surface area contributed by atoms with Crippen LogP contribution in [0.2, 0.25) is 0 Å². The summed E-state index contributed by atoms with van der Waals surface area (Å²) in [5.41, 5.74) is 1.22. The predicted molar refractivity (Wildman–Crippen MR) is 72.3 cm³/mol. The van der Waals surface area contributed by atoms with Gasteiger partial charge in [-0.15, -0.1) is 0 Å². The summed E-state index contributed by atoms with van der Waals surface area (Å²) in [7, 11) is 1.30. The molecule has 6 nitrogen and oxygen atoms in total. The lowest BCUT2D eigenvalue weighted by Gasteiger charge is -2.28. The molecule has 0 aromatic heterocycles. The number of methoxy groups -OCH3 is 1. The second-order valence-electron chi connectivity index (χ2n) is 4.50. The van der Waals surface area contributed by atoms with Gasteiger partial charge in [0.1, 0.15) is 12.2 Å². The number of hydrogen-bond acceptors (Lipinski definition) is 5. The van der Waals surface area contributed by atoms with E-state index in [2.05, 4.69) is 4.74 Å². The van der Waals surface area contributed by atoms with Gasteiger partial charge in [0.2, 0.25) is 0 Å². The molecule has 6 heteroatoms. The Hall–Kier alpha value is -2.11. The predicted octanol–water partition coefficient (Wildman–Crippen LogP) is 2.29. The van der Waals surface area contributed by atoms with E-state index in [1.165, 1.54) is 13.2 Å². The van der Waals surface area contributed by atoms with Gasteiger partial charge in [0.15, 0.2) is 0 Å². The normalized spacial score (nSPS) is 10.4. The average molecular weight is 266 g/mol. The van der Waals surface area contributed by atoms with Gasteiger partial charge in [-0.2, -0.15) is 0 Å². The van der Waals surface area contributed by atoms with Crippen LogP contribution in [-0.4, -0.2) is 30.6 Å². The molecule has 1 rings (SSSR count). The van der Waals surface area contributed by atoms with E-state index in [9.17, 15) is 14.9 Å². The molecule has 104 valence electrons. The molecule has 1 aromatic carbocycles. The van der Waals surface area contributed by atoms with Crippen molar-refractivity contribution in [1.82, 2.24) is 0 Å². The number of nitro groups is 1. The van der Waals surface area contributed by atoms with Gasteiger partial charge in [-0.1, -0.05) is 12.1 Å². The summed E-state index contributed by atoms with van der Waals surface area (Å²) in [6.45, 7) is 5.52. The summed E-state index contributed by atoms with van der Waals surface area (Å²) >= 11 is 0. The Kier molecular flexibility index (Phi) is 4.86. The van der Waals surface area contributed by atoms with Crippen LogP contribution < -0.4 is 4.90 Å². The first kappa shape index (κ1) is 14.9. The van der Waals surface area contributed by atoms with Gasteiger partial charge in [-0.3, -0.25) is 14.9 Å². The summed E-state index contributed by atoms with van der Waals surface area (Å²) < 4.78 is 4.64. The van der Waals surface area contributed by atoms with E-state index >= 15 is 0 Å². The summed E-state index contributed by atoms with van der Waals surface area (Å²) in [5.74, 6) is -0.425. The zero-order valence-corrected chi connectivity index (χ0v) is 11.5. The third kappa shape index (κ3) is 3.43. The minimum Gasteiger partial charge on any atom is -0.468 e. The van der Waals surface area contributed by atoms with Crippen molar-refractivity contribution < 1.29 is 14.5 Å². The number of carbonyl (C=O) groups excluding carboxylic acids is 1. The van der Waals surface area contributed by atoms with E-state index < -0.39 is 10.9 Å². The molecule has 0 aliphatic rings. The minimum absolute atomic E-state index is 0.00222. The molecule has 0 radical (unpaired) electrons. The number of esters is 1. The van der Waals surface area contributed by atoms with Crippen molar-refractivity contribution in [3.8, 4) is 0 Å². The van der Waals surface area contributed by atoms with Crippen LogP contribution in [0.3, 0.4) is 0 Å². The molecule has 0 aliphatic heterocycles. The molecular formula is C13H18N2O4. The minimum atomic E-state index is -0.436. The van der Waals surface area contributed by atoms with Crippen LogP contribution in [0.15, 0.2) is 18.2 Å². The highest BCUT2D eigenvalue weighted by Gasteiger charge is 2.25. The number of hydrogen-bond donors (Lipinski definition) is 0. The number of rotatable bonds is 5. The maximum atomic E-state index is 11.5. The molecule has 0 saturated heterocycles. The highest BCUT2D eigenvalue weighted by atomic mass is 16.6. The van der Waals surface area contributed by atoms with Gasteiger partial charge < -0.3 is 9.64 Å². The van der Waals surface area contributed by atoms with E-state index in [0.29, 0.717) is 5.69 Å². The van der Waals surface area contributed by atoms with E-state index in [4.69, 9.17) is 0 Å². The fourth-order valence-corrected chi connectivity index (χ4v) is 1.89. The number of anilines is 1. The Balaban J connectivity index is 3.29. The molecule has 0 fully saturated rings. The number of benzene rings is 1. The second kappa shape index (κ2) is 6.17. The molecule has 0 bridgehead atoms. The first-order chi connectivity index (χ1) is 8.88. The largest absolute Gasteiger partial charge is 0.468 e. The van der Waals surface area contributed by atoms with Crippen LogP contribution in [0, 0.1) is 17.0 Å². The maximum absolute atomic E-state index is 11.5. The van der Waals surface area contributed by atoms with Crippen LogP contribution in [0.5, 0.6) is 0 Å². The molecule has 0 atom stereocenters. The number of para-hydroxylation sites is 1. The monoisotopic (exact) mass is 266 g/mol. The standard InChI is InChI=1S/C13H18N2O4/c1-9(2)14(8-12(16)19-4)13-10(3)6-5-7-11(13)15(17)18/h5-7,9H,8H2,1-4H3. The molecule has 0 aliphatic carbocycles. The van der Waals surface area contributed by atoms with Gasteiger partial charge in [0.05, 0.1) is 12.0 Å². The van der Waals surface area contributed by atoms with E-state index in [0.717, 1.165) is 5.56 Å². The van der Waals surface area contributed by atoms with Crippen LogP contribution in [-0.2, 0) is 9.53 Å². The van der Waals surface area contributed by atoms with Crippen molar-refractivity contribution in [3.05, 3.63) is 33.9 Å². The SMILES string of the molecule is COC(=O)CN(c1c(C)cccc1[N+](=O)[O-])C(C)C. The zero-order chi connectivity index (χ0) is 14.6. The van der Waals surface area contributed by atoms with Crippen molar-refractivity contribution in [2.45, 2.75) is 26.8 Å². The Morgan fingerprint density at radius 2 is 2.11 bits per heavy atom. The lowest BCUT2D eigenvalue weighted by molar-refractivity contribution is -0.384. The molecule has 0 N–H and O–H groups in total. The number of ether oxygens (including phenoxy) is 1. The summed E-state index contributed by atoms with van der Waals surface area (Å²) in [6, 6.07) is 4.80. The van der Waals surface area contributed by atoms with Gasteiger partial charge in [-0.05, 0) is 26.3 Å². The van der Waals surface area contributed by atoms with Crippen molar-refractivity contribution in [2.24, 2.45) is 0 Å². The Morgan fingerprint density at radius 1 is 1.47 bits per heavy atom. The number of carbonyl (C=O) groups is 1. The fourth-order valence-electron chi connectivity index (χ4n) is 1.89. The van der Waals surface area contributed by atoms with Gasteiger partial charge in [-0.25, -0.2) is 0 Å². The zero-order valence-electron chi connectivity index (χ0n) is 11.5. The van der Waals surface area contributed by atoms with Crippen LogP contribution >= 0.6 is 0 Å². The number of nitro benzene ring substituents is 1. The topological polar surface area (TPSA) is 72.7 Å². The van der Waals surface area contributed by atoms with Crippen molar-refractivity contribution in [2.75, 3.05) is 18.6 Å². The molecule has 19 heavy (non-hydrogen) atoms.